The SMILES string of the molecule is CNCc1ccc(Oc2ccc(S(C)(=O)=O)cc2)cc1Br. The molecule has 4 nitrogen and oxygen atoms in total. The quantitative estimate of drug-likeness (QED) is 0.877. The van der Waals surface area contributed by atoms with Crippen LogP contribution in [0.3, 0.4) is 0 Å². The van der Waals surface area contributed by atoms with Gasteiger partial charge in [0.05, 0.1) is 4.90 Å². The van der Waals surface area contributed by atoms with E-state index in [1.165, 1.54) is 18.4 Å². The van der Waals surface area contributed by atoms with Gasteiger partial charge in [0, 0.05) is 17.3 Å². The van der Waals surface area contributed by atoms with Gasteiger partial charge in [0.1, 0.15) is 11.5 Å². The lowest BCUT2D eigenvalue weighted by atomic mass is 10.2. The molecule has 1 N–H and O–H groups in total. The second kappa shape index (κ2) is 6.60. The molecule has 0 fully saturated rings. The summed E-state index contributed by atoms with van der Waals surface area (Å²) in [6.07, 6.45) is 1.18. The molecule has 0 heterocycles. The second-order valence-electron chi connectivity index (χ2n) is 4.63. The van der Waals surface area contributed by atoms with Crippen molar-refractivity contribution in [2.45, 2.75) is 11.4 Å². The molecule has 2 aromatic rings. The van der Waals surface area contributed by atoms with Gasteiger partial charge in [0.15, 0.2) is 9.84 Å². The van der Waals surface area contributed by atoms with Gasteiger partial charge >= 0.3 is 0 Å². The van der Waals surface area contributed by atoms with E-state index in [2.05, 4.69) is 21.2 Å². The Balaban J connectivity index is 2.17. The molecule has 0 saturated carbocycles. The number of hydrogen-bond acceptors (Lipinski definition) is 4. The number of sulfone groups is 1. The van der Waals surface area contributed by atoms with E-state index in [0.29, 0.717) is 11.5 Å². The van der Waals surface area contributed by atoms with Gasteiger partial charge in [-0.05, 0) is 49.0 Å². The zero-order chi connectivity index (χ0) is 15.5. The third-order valence-electron chi connectivity index (χ3n) is 2.88. The van der Waals surface area contributed by atoms with Crippen LogP contribution in [0.5, 0.6) is 11.5 Å². The summed E-state index contributed by atoms with van der Waals surface area (Å²) in [5, 5.41) is 3.09. The highest BCUT2D eigenvalue weighted by Crippen LogP contribution is 2.27. The largest absolute Gasteiger partial charge is 0.457 e. The molecule has 0 aliphatic rings. The van der Waals surface area contributed by atoms with E-state index >= 15 is 0 Å². The highest BCUT2D eigenvalue weighted by atomic mass is 79.9. The molecule has 2 rings (SSSR count). The van der Waals surface area contributed by atoms with Gasteiger partial charge in [-0.25, -0.2) is 8.42 Å². The molecule has 0 bridgehead atoms. The highest BCUT2D eigenvalue weighted by molar-refractivity contribution is 9.10. The summed E-state index contributed by atoms with van der Waals surface area (Å²) in [6.45, 7) is 0.768. The van der Waals surface area contributed by atoms with E-state index in [-0.39, 0.29) is 4.90 Å². The molecule has 0 amide bonds. The lowest BCUT2D eigenvalue weighted by molar-refractivity contribution is 0.481. The number of rotatable bonds is 5. The topological polar surface area (TPSA) is 55.4 Å². The Morgan fingerprint density at radius 2 is 1.71 bits per heavy atom. The Bertz CT molecular complexity index is 727. The van der Waals surface area contributed by atoms with Crippen molar-refractivity contribution in [3.8, 4) is 11.5 Å². The van der Waals surface area contributed by atoms with Crippen molar-refractivity contribution in [1.82, 2.24) is 5.32 Å². The van der Waals surface area contributed by atoms with Crippen molar-refractivity contribution in [1.29, 1.82) is 0 Å². The van der Waals surface area contributed by atoms with Crippen LogP contribution in [0.4, 0.5) is 0 Å². The average molecular weight is 370 g/mol. The molecule has 0 unspecified atom stereocenters. The molecule has 0 atom stereocenters. The van der Waals surface area contributed by atoms with Gasteiger partial charge in [0.2, 0.25) is 0 Å². The van der Waals surface area contributed by atoms with E-state index in [0.717, 1.165) is 16.6 Å². The average Bonchev–Trinajstić information content (AvgIpc) is 2.42. The standard InChI is InChI=1S/C15H16BrNO3S/c1-17-10-11-3-4-13(9-15(11)16)20-12-5-7-14(8-6-12)21(2,18)19/h3-9,17H,10H2,1-2H3. The maximum Gasteiger partial charge on any atom is 0.175 e. The van der Waals surface area contributed by atoms with E-state index in [9.17, 15) is 8.42 Å². The van der Waals surface area contributed by atoms with Crippen molar-refractivity contribution in [2.75, 3.05) is 13.3 Å². The van der Waals surface area contributed by atoms with Crippen molar-refractivity contribution >= 4 is 25.8 Å². The summed E-state index contributed by atoms with van der Waals surface area (Å²) in [4.78, 5) is 0.278. The third-order valence-corrected chi connectivity index (χ3v) is 4.75. The first kappa shape index (κ1) is 16.0. The first-order valence-electron chi connectivity index (χ1n) is 6.31. The van der Waals surface area contributed by atoms with Crippen molar-refractivity contribution < 1.29 is 13.2 Å². The van der Waals surface area contributed by atoms with Crippen LogP contribution in [-0.4, -0.2) is 21.7 Å². The van der Waals surface area contributed by atoms with Crippen LogP contribution in [0.1, 0.15) is 5.56 Å². The minimum atomic E-state index is -3.18. The van der Waals surface area contributed by atoms with Crippen molar-refractivity contribution in [3.05, 3.63) is 52.5 Å². The minimum Gasteiger partial charge on any atom is -0.457 e. The number of benzene rings is 2. The Kier molecular flexibility index (Phi) is 5.03. The molecule has 112 valence electrons. The molecule has 2 aromatic carbocycles. The first-order valence-corrected chi connectivity index (χ1v) is 8.99. The highest BCUT2D eigenvalue weighted by Gasteiger charge is 2.07. The van der Waals surface area contributed by atoms with Gasteiger partial charge in [-0.15, -0.1) is 0 Å². The zero-order valence-electron chi connectivity index (χ0n) is 11.8. The predicted molar refractivity (Wildman–Crippen MR) is 86.5 cm³/mol. The molecule has 0 saturated heterocycles. The number of nitrogens with one attached hydrogen (secondary N) is 1. The van der Waals surface area contributed by atoms with Crippen LogP contribution in [0.25, 0.3) is 0 Å². The van der Waals surface area contributed by atoms with Gasteiger partial charge in [0.25, 0.3) is 0 Å². The Labute approximate surface area is 133 Å². The van der Waals surface area contributed by atoms with Crippen LogP contribution in [0.2, 0.25) is 0 Å². The van der Waals surface area contributed by atoms with E-state index in [4.69, 9.17) is 4.74 Å². The fourth-order valence-corrected chi connectivity index (χ4v) is 2.94. The molecule has 6 heteroatoms. The fraction of sp³-hybridized carbons (Fsp3) is 0.200. The molecular formula is C15H16BrNO3S. The Morgan fingerprint density at radius 3 is 2.24 bits per heavy atom. The minimum absolute atomic E-state index is 0.278. The molecular weight excluding hydrogens is 354 g/mol. The molecule has 21 heavy (non-hydrogen) atoms. The molecule has 0 aliphatic heterocycles. The van der Waals surface area contributed by atoms with Crippen LogP contribution >= 0.6 is 15.9 Å². The molecule has 0 spiro atoms. The number of halogens is 1. The lowest BCUT2D eigenvalue weighted by Gasteiger charge is -2.09. The van der Waals surface area contributed by atoms with Crippen molar-refractivity contribution in [3.63, 3.8) is 0 Å². The zero-order valence-corrected chi connectivity index (χ0v) is 14.2. The monoisotopic (exact) mass is 369 g/mol. The predicted octanol–water partition coefficient (Wildman–Crippen LogP) is 3.36. The normalized spacial score (nSPS) is 11.4. The van der Waals surface area contributed by atoms with E-state index < -0.39 is 9.84 Å². The van der Waals surface area contributed by atoms with E-state index in [1.807, 2.05) is 25.2 Å². The van der Waals surface area contributed by atoms with Gasteiger partial charge in [-0.1, -0.05) is 22.0 Å². The molecule has 0 aromatic heterocycles. The number of ether oxygens (including phenoxy) is 1. The second-order valence-corrected chi connectivity index (χ2v) is 7.50. The summed E-state index contributed by atoms with van der Waals surface area (Å²) in [5.41, 5.74) is 1.14. The Morgan fingerprint density at radius 1 is 1.10 bits per heavy atom. The molecule has 0 radical (unpaired) electrons. The van der Waals surface area contributed by atoms with Gasteiger partial charge in [-0.2, -0.15) is 0 Å². The van der Waals surface area contributed by atoms with Crippen LogP contribution in [0.15, 0.2) is 51.8 Å². The number of hydrogen-bond donors (Lipinski definition) is 1. The smallest absolute Gasteiger partial charge is 0.175 e. The van der Waals surface area contributed by atoms with Crippen LogP contribution < -0.4 is 10.1 Å². The maximum atomic E-state index is 11.4. The lowest BCUT2D eigenvalue weighted by Crippen LogP contribution is -2.05. The van der Waals surface area contributed by atoms with Crippen LogP contribution in [-0.2, 0) is 16.4 Å². The van der Waals surface area contributed by atoms with Gasteiger partial charge in [-0.3, -0.25) is 0 Å². The third kappa shape index (κ3) is 4.30. The van der Waals surface area contributed by atoms with E-state index in [1.54, 1.807) is 12.1 Å². The maximum absolute atomic E-state index is 11.4. The first-order chi connectivity index (χ1) is 9.90. The summed E-state index contributed by atoms with van der Waals surface area (Å²) in [7, 11) is -1.29. The van der Waals surface area contributed by atoms with Crippen LogP contribution in [0, 0.1) is 0 Å². The van der Waals surface area contributed by atoms with Crippen molar-refractivity contribution in [2.24, 2.45) is 0 Å². The molecule has 0 aliphatic carbocycles. The van der Waals surface area contributed by atoms with Gasteiger partial charge < -0.3 is 10.1 Å². The fourth-order valence-electron chi connectivity index (χ4n) is 1.82. The summed E-state index contributed by atoms with van der Waals surface area (Å²) in [5.74, 6) is 1.28. The summed E-state index contributed by atoms with van der Waals surface area (Å²) in [6, 6.07) is 12.1. The summed E-state index contributed by atoms with van der Waals surface area (Å²) >= 11 is 3.50. The Hall–Kier alpha value is -1.37. The summed E-state index contributed by atoms with van der Waals surface area (Å²) < 4.78 is 29.5.